The smallest absolute Gasteiger partial charge is 0.306 e. The minimum atomic E-state index is -3.12. The lowest BCUT2D eigenvalue weighted by Gasteiger charge is -2.16. The van der Waals surface area contributed by atoms with E-state index in [1.807, 2.05) is 0 Å². The van der Waals surface area contributed by atoms with Gasteiger partial charge in [0.25, 0.3) is 0 Å². The molecule has 9 heteroatoms. The Balaban J connectivity index is 2.41. The van der Waals surface area contributed by atoms with Crippen molar-refractivity contribution >= 4 is 23.2 Å². The number of alkyl halides is 2. The molecule has 0 spiro atoms. The summed E-state index contributed by atoms with van der Waals surface area (Å²) in [4.78, 5) is 23.1. The van der Waals surface area contributed by atoms with Crippen LogP contribution in [-0.2, 0) is 10.7 Å². The Bertz CT molecular complexity index is 799. The Morgan fingerprint density at radius 3 is 2.58 bits per heavy atom. The SMILES string of the molecule is CCOc1cnc(NC(C)=O)cc1Nc1cc(C)nc(C(F)(F)CC)n1. The molecule has 7 nitrogen and oxygen atoms in total. The highest BCUT2D eigenvalue weighted by atomic mass is 19.3. The van der Waals surface area contributed by atoms with Crippen LogP contribution in [0, 0.1) is 6.92 Å². The van der Waals surface area contributed by atoms with E-state index in [-0.39, 0.29) is 11.7 Å². The van der Waals surface area contributed by atoms with Crippen molar-refractivity contribution in [3.05, 3.63) is 29.8 Å². The van der Waals surface area contributed by atoms with Crippen LogP contribution >= 0.6 is 0 Å². The van der Waals surface area contributed by atoms with Gasteiger partial charge >= 0.3 is 5.92 Å². The molecule has 0 unspecified atom stereocenters. The molecule has 2 N–H and O–H groups in total. The molecule has 2 aromatic heterocycles. The van der Waals surface area contributed by atoms with Crippen LogP contribution in [-0.4, -0.2) is 27.5 Å². The number of anilines is 3. The van der Waals surface area contributed by atoms with Gasteiger partial charge in [0.1, 0.15) is 11.6 Å². The van der Waals surface area contributed by atoms with Gasteiger partial charge in [0, 0.05) is 31.2 Å². The molecule has 0 radical (unpaired) electrons. The predicted octanol–water partition coefficient (Wildman–Crippen LogP) is 3.78. The fraction of sp³-hybridized carbons (Fsp3) is 0.412. The van der Waals surface area contributed by atoms with Crippen LogP contribution in [0.1, 0.15) is 38.7 Å². The molecule has 2 heterocycles. The first-order valence-electron chi connectivity index (χ1n) is 8.16. The number of aryl methyl sites for hydroxylation is 1. The molecule has 0 saturated heterocycles. The minimum absolute atomic E-state index is 0.196. The Kier molecular flexibility index (Phi) is 6.01. The zero-order valence-corrected chi connectivity index (χ0v) is 15.1. The van der Waals surface area contributed by atoms with Crippen molar-refractivity contribution in [2.75, 3.05) is 17.2 Å². The van der Waals surface area contributed by atoms with E-state index in [1.54, 1.807) is 26.0 Å². The topological polar surface area (TPSA) is 89.0 Å². The molecule has 0 aliphatic rings. The maximum absolute atomic E-state index is 14.0. The number of carbonyl (C=O) groups excluding carboxylic acids is 1. The van der Waals surface area contributed by atoms with Crippen molar-refractivity contribution < 1.29 is 18.3 Å². The van der Waals surface area contributed by atoms with Gasteiger partial charge in [0.2, 0.25) is 11.7 Å². The van der Waals surface area contributed by atoms with E-state index in [2.05, 4.69) is 25.6 Å². The van der Waals surface area contributed by atoms with Crippen LogP contribution < -0.4 is 15.4 Å². The van der Waals surface area contributed by atoms with Crippen LogP contribution in [0.2, 0.25) is 0 Å². The monoisotopic (exact) mass is 365 g/mol. The second kappa shape index (κ2) is 8.03. The van der Waals surface area contributed by atoms with Crippen molar-refractivity contribution in [2.45, 2.75) is 40.0 Å². The zero-order chi connectivity index (χ0) is 19.3. The first kappa shape index (κ1) is 19.5. The average Bonchev–Trinajstić information content (AvgIpc) is 2.56. The number of hydrogen-bond acceptors (Lipinski definition) is 6. The van der Waals surface area contributed by atoms with E-state index in [0.717, 1.165) is 0 Å². The number of pyridine rings is 1. The van der Waals surface area contributed by atoms with E-state index in [9.17, 15) is 13.6 Å². The van der Waals surface area contributed by atoms with Gasteiger partial charge in [0.15, 0.2) is 5.75 Å². The molecule has 26 heavy (non-hydrogen) atoms. The molecule has 140 valence electrons. The molecule has 2 aromatic rings. The molecule has 0 atom stereocenters. The number of ether oxygens (including phenoxy) is 1. The average molecular weight is 365 g/mol. The van der Waals surface area contributed by atoms with E-state index < -0.39 is 18.2 Å². The highest BCUT2D eigenvalue weighted by Crippen LogP contribution is 2.32. The second-order valence-electron chi connectivity index (χ2n) is 5.58. The molecule has 0 aliphatic carbocycles. The number of aromatic nitrogens is 3. The summed E-state index contributed by atoms with van der Waals surface area (Å²) in [6.45, 7) is 6.53. The van der Waals surface area contributed by atoms with Crippen molar-refractivity contribution in [1.29, 1.82) is 0 Å². The lowest BCUT2D eigenvalue weighted by molar-refractivity contribution is -0.114. The fourth-order valence-corrected chi connectivity index (χ4v) is 2.15. The highest BCUT2D eigenvalue weighted by molar-refractivity contribution is 5.88. The lowest BCUT2D eigenvalue weighted by atomic mass is 10.2. The van der Waals surface area contributed by atoms with Crippen LogP contribution in [0.3, 0.4) is 0 Å². The Labute approximate surface area is 150 Å². The molecule has 0 aromatic carbocycles. The molecule has 0 fully saturated rings. The van der Waals surface area contributed by atoms with Gasteiger partial charge < -0.3 is 15.4 Å². The number of hydrogen-bond donors (Lipinski definition) is 2. The van der Waals surface area contributed by atoms with Crippen LogP contribution in [0.4, 0.5) is 26.1 Å². The Morgan fingerprint density at radius 1 is 1.23 bits per heavy atom. The summed E-state index contributed by atoms with van der Waals surface area (Å²) in [6, 6.07) is 3.09. The Hall–Kier alpha value is -2.84. The molecule has 1 amide bonds. The standard InChI is InChI=1S/C17H21F2N5O2/c1-5-17(18,19)16-21-10(3)7-15(24-16)23-12-8-14(22-11(4)25)20-9-13(12)26-6-2/h7-9H,5-6H2,1-4H3,(H2,20,21,22,23,24,25). The highest BCUT2D eigenvalue weighted by Gasteiger charge is 2.33. The normalized spacial score (nSPS) is 11.2. The molecule has 0 bridgehead atoms. The van der Waals surface area contributed by atoms with Gasteiger partial charge in [-0.25, -0.2) is 15.0 Å². The molecule has 2 rings (SSSR count). The first-order valence-corrected chi connectivity index (χ1v) is 8.16. The third kappa shape index (κ3) is 4.84. The third-order valence-electron chi connectivity index (χ3n) is 3.36. The van der Waals surface area contributed by atoms with Crippen molar-refractivity contribution in [2.24, 2.45) is 0 Å². The largest absolute Gasteiger partial charge is 0.490 e. The summed E-state index contributed by atoms with van der Waals surface area (Å²) in [5.74, 6) is -3.05. The number of nitrogens with zero attached hydrogens (tertiary/aromatic N) is 3. The van der Waals surface area contributed by atoms with E-state index in [1.165, 1.54) is 20.0 Å². The Morgan fingerprint density at radius 2 is 1.96 bits per heavy atom. The van der Waals surface area contributed by atoms with Crippen molar-refractivity contribution in [3.63, 3.8) is 0 Å². The van der Waals surface area contributed by atoms with Crippen molar-refractivity contribution in [3.8, 4) is 5.75 Å². The summed E-state index contributed by atoms with van der Waals surface area (Å²) in [5.41, 5.74) is 0.842. The maximum atomic E-state index is 14.0. The van der Waals surface area contributed by atoms with Crippen LogP contribution in [0.5, 0.6) is 5.75 Å². The van der Waals surface area contributed by atoms with Gasteiger partial charge in [-0.15, -0.1) is 0 Å². The zero-order valence-electron chi connectivity index (χ0n) is 15.1. The van der Waals surface area contributed by atoms with Crippen LogP contribution in [0.25, 0.3) is 0 Å². The fourth-order valence-electron chi connectivity index (χ4n) is 2.15. The molecule has 0 saturated carbocycles. The lowest BCUT2D eigenvalue weighted by Crippen LogP contribution is -2.17. The third-order valence-corrected chi connectivity index (χ3v) is 3.36. The summed E-state index contributed by atoms with van der Waals surface area (Å²) >= 11 is 0. The maximum Gasteiger partial charge on any atom is 0.306 e. The summed E-state index contributed by atoms with van der Waals surface area (Å²) in [7, 11) is 0. The molecular weight excluding hydrogens is 344 g/mol. The van der Waals surface area contributed by atoms with Crippen molar-refractivity contribution in [1.82, 2.24) is 15.0 Å². The predicted molar refractivity (Wildman–Crippen MR) is 93.9 cm³/mol. The quantitative estimate of drug-likeness (QED) is 0.776. The summed E-state index contributed by atoms with van der Waals surface area (Å²) in [5, 5.41) is 5.51. The number of halogens is 2. The number of nitrogens with one attached hydrogen (secondary N) is 2. The van der Waals surface area contributed by atoms with Gasteiger partial charge in [-0.1, -0.05) is 6.92 Å². The molecule has 0 aliphatic heterocycles. The van der Waals surface area contributed by atoms with E-state index in [4.69, 9.17) is 4.74 Å². The summed E-state index contributed by atoms with van der Waals surface area (Å²) < 4.78 is 33.4. The van der Waals surface area contributed by atoms with Gasteiger partial charge in [-0.2, -0.15) is 8.78 Å². The first-order chi connectivity index (χ1) is 12.2. The van der Waals surface area contributed by atoms with Crippen LogP contribution in [0.15, 0.2) is 18.3 Å². The van der Waals surface area contributed by atoms with E-state index in [0.29, 0.717) is 29.6 Å². The van der Waals surface area contributed by atoms with Gasteiger partial charge in [0.05, 0.1) is 18.5 Å². The minimum Gasteiger partial charge on any atom is -0.490 e. The molecular formula is C17H21F2N5O2. The van der Waals surface area contributed by atoms with Gasteiger partial charge in [-0.3, -0.25) is 4.79 Å². The van der Waals surface area contributed by atoms with E-state index >= 15 is 0 Å². The number of rotatable bonds is 7. The van der Waals surface area contributed by atoms with Gasteiger partial charge in [-0.05, 0) is 13.8 Å². The summed E-state index contributed by atoms with van der Waals surface area (Å²) in [6.07, 6.45) is 1.04. The number of carbonyl (C=O) groups is 1. The number of amides is 1. The second-order valence-corrected chi connectivity index (χ2v) is 5.58.